The van der Waals surface area contributed by atoms with Crippen LogP contribution in [0.25, 0.3) is 16.8 Å². The van der Waals surface area contributed by atoms with Crippen LogP contribution in [0, 0.1) is 0 Å². The molecule has 6 heteroatoms. The lowest BCUT2D eigenvalue weighted by Gasteiger charge is -2.22. The first-order valence-corrected chi connectivity index (χ1v) is 11.4. The van der Waals surface area contributed by atoms with Crippen molar-refractivity contribution in [1.29, 1.82) is 0 Å². The Morgan fingerprint density at radius 1 is 1.10 bits per heavy atom. The van der Waals surface area contributed by atoms with Gasteiger partial charge in [0, 0.05) is 30.1 Å². The van der Waals surface area contributed by atoms with Crippen molar-refractivity contribution in [2.24, 2.45) is 0 Å². The number of benzene rings is 1. The Morgan fingerprint density at radius 3 is 2.71 bits per heavy atom. The van der Waals surface area contributed by atoms with E-state index in [4.69, 9.17) is 5.10 Å². The molecule has 1 saturated carbocycles. The minimum Gasteiger partial charge on any atom is -0.335 e. The standard InChI is InChI=1S/C25H31N5O/c1-2-3-11-22-17-24(28-25(31)27-21-12-5-4-6-13-21)30(29-22)23-14-7-9-19(16-23)20-10-8-15-26-18-20/h7-10,14-18,21H,2-6,11-13H2,1H3,(H2,27,28,31). The third-order valence-electron chi connectivity index (χ3n) is 5.81. The number of anilines is 1. The number of hydrogen-bond donors (Lipinski definition) is 2. The number of aromatic nitrogens is 3. The Balaban J connectivity index is 1.59. The molecule has 0 atom stereocenters. The number of urea groups is 1. The lowest BCUT2D eigenvalue weighted by Crippen LogP contribution is -2.39. The summed E-state index contributed by atoms with van der Waals surface area (Å²) >= 11 is 0. The number of carbonyl (C=O) groups excluding carboxylic acids is 1. The van der Waals surface area contributed by atoms with E-state index in [0.717, 1.165) is 54.6 Å². The topological polar surface area (TPSA) is 71.8 Å². The first-order valence-electron chi connectivity index (χ1n) is 11.4. The van der Waals surface area contributed by atoms with Crippen molar-refractivity contribution in [2.45, 2.75) is 64.3 Å². The Kier molecular flexibility index (Phi) is 6.97. The minimum atomic E-state index is -0.154. The maximum atomic E-state index is 12.7. The van der Waals surface area contributed by atoms with E-state index in [0.29, 0.717) is 5.82 Å². The van der Waals surface area contributed by atoms with Gasteiger partial charge < -0.3 is 5.32 Å². The predicted octanol–water partition coefficient (Wildman–Crippen LogP) is 5.73. The summed E-state index contributed by atoms with van der Waals surface area (Å²) in [4.78, 5) is 16.9. The number of aryl methyl sites for hydroxylation is 1. The van der Waals surface area contributed by atoms with Gasteiger partial charge in [0.1, 0.15) is 5.82 Å². The largest absolute Gasteiger partial charge is 0.335 e. The fourth-order valence-electron chi connectivity index (χ4n) is 4.13. The first kappa shape index (κ1) is 21.1. The van der Waals surface area contributed by atoms with Gasteiger partial charge in [-0.25, -0.2) is 9.48 Å². The average molecular weight is 418 g/mol. The maximum Gasteiger partial charge on any atom is 0.320 e. The van der Waals surface area contributed by atoms with E-state index in [9.17, 15) is 4.79 Å². The molecule has 0 aliphatic heterocycles. The minimum absolute atomic E-state index is 0.154. The zero-order valence-corrected chi connectivity index (χ0v) is 18.2. The molecule has 0 saturated heterocycles. The van der Waals surface area contributed by atoms with Gasteiger partial charge in [0.25, 0.3) is 0 Å². The molecule has 3 aromatic rings. The molecule has 1 aromatic carbocycles. The molecule has 162 valence electrons. The van der Waals surface area contributed by atoms with Crippen LogP contribution in [0.15, 0.2) is 54.9 Å². The van der Waals surface area contributed by atoms with Gasteiger partial charge in [0.05, 0.1) is 11.4 Å². The first-order chi connectivity index (χ1) is 15.2. The number of hydrogen-bond acceptors (Lipinski definition) is 3. The second-order valence-electron chi connectivity index (χ2n) is 8.26. The van der Waals surface area contributed by atoms with E-state index in [-0.39, 0.29) is 12.1 Å². The van der Waals surface area contributed by atoms with Gasteiger partial charge in [-0.2, -0.15) is 5.10 Å². The summed E-state index contributed by atoms with van der Waals surface area (Å²) < 4.78 is 1.84. The smallest absolute Gasteiger partial charge is 0.320 e. The summed E-state index contributed by atoms with van der Waals surface area (Å²) in [5, 5.41) is 11.0. The van der Waals surface area contributed by atoms with E-state index in [1.54, 1.807) is 6.20 Å². The summed E-state index contributed by atoms with van der Waals surface area (Å²) in [5.41, 5.74) is 4.01. The average Bonchev–Trinajstić information content (AvgIpc) is 3.21. The van der Waals surface area contributed by atoms with Crippen LogP contribution >= 0.6 is 0 Å². The van der Waals surface area contributed by atoms with Gasteiger partial charge in [-0.3, -0.25) is 10.3 Å². The highest BCUT2D eigenvalue weighted by atomic mass is 16.2. The van der Waals surface area contributed by atoms with Crippen LogP contribution < -0.4 is 10.6 Å². The van der Waals surface area contributed by atoms with Crippen LogP contribution in [0.3, 0.4) is 0 Å². The van der Waals surface area contributed by atoms with Gasteiger partial charge in [0.15, 0.2) is 0 Å². The van der Waals surface area contributed by atoms with Crippen LogP contribution in [0.1, 0.15) is 57.6 Å². The molecule has 6 nitrogen and oxygen atoms in total. The van der Waals surface area contributed by atoms with Crippen LogP contribution in [-0.4, -0.2) is 26.8 Å². The maximum absolute atomic E-state index is 12.7. The molecule has 0 bridgehead atoms. The van der Waals surface area contributed by atoms with E-state index in [1.165, 1.54) is 19.3 Å². The number of rotatable bonds is 7. The molecule has 2 heterocycles. The van der Waals surface area contributed by atoms with E-state index < -0.39 is 0 Å². The Hall–Kier alpha value is -3.15. The number of nitrogens with one attached hydrogen (secondary N) is 2. The lowest BCUT2D eigenvalue weighted by molar-refractivity contribution is 0.244. The van der Waals surface area contributed by atoms with Crippen molar-refractivity contribution in [1.82, 2.24) is 20.1 Å². The van der Waals surface area contributed by atoms with Gasteiger partial charge in [-0.05, 0) is 49.4 Å². The number of unbranched alkanes of at least 4 members (excludes halogenated alkanes) is 1. The zero-order chi connectivity index (χ0) is 21.5. The van der Waals surface area contributed by atoms with Crippen molar-refractivity contribution in [3.63, 3.8) is 0 Å². The normalized spacial score (nSPS) is 14.4. The Morgan fingerprint density at radius 2 is 1.94 bits per heavy atom. The molecule has 0 spiro atoms. The molecule has 2 amide bonds. The van der Waals surface area contributed by atoms with Gasteiger partial charge in [-0.15, -0.1) is 0 Å². The molecule has 0 radical (unpaired) electrons. The molecule has 1 aliphatic carbocycles. The monoisotopic (exact) mass is 417 g/mol. The highest BCUT2D eigenvalue weighted by Gasteiger charge is 2.18. The SMILES string of the molecule is CCCCc1cc(NC(=O)NC2CCCCC2)n(-c2cccc(-c3cccnc3)c2)n1. The summed E-state index contributed by atoms with van der Waals surface area (Å²) in [6.07, 6.45) is 12.4. The molecule has 2 N–H and O–H groups in total. The molecule has 0 unspecified atom stereocenters. The van der Waals surface area contributed by atoms with E-state index in [1.807, 2.05) is 41.2 Å². The Labute approximate surface area is 184 Å². The van der Waals surface area contributed by atoms with E-state index >= 15 is 0 Å². The fourth-order valence-corrected chi connectivity index (χ4v) is 4.13. The number of nitrogens with zero attached hydrogens (tertiary/aromatic N) is 3. The van der Waals surface area contributed by atoms with E-state index in [2.05, 4.69) is 34.7 Å². The summed E-state index contributed by atoms with van der Waals surface area (Å²) in [6.45, 7) is 2.17. The third kappa shape index (κ3) is 5.51. The summed E-state index contributed by atoms with van der Waals surface area (Å²) in [5.74, 6) is 0.697. The van der Waals surface area contributed by atoms with Gasteiger partial charge in [-0.1, -0.05) is 50.8 Å². The molecule has 4 rings (SSSR count). The van der Waals surface area contributed by atoms with Gasteiger partial charge >= 0.3 is 6.03 Å². The van der Waals surface area contributed by atoms with Crippen molar-refractivity contribution < 1.29 is 4.79 Å². The highest BCUT2D eigenvalue weighted by molar-refractivity contribution is 5.89. The number of pyridine rings is 1. The van der Waals surface area contributed by atoms with Crippen LogP contribution in [0.4, 0.5) is 10.6 Å². The summed E-state index contributed by atoms with van der Waals surface area (Å²) in [7, 11) is 0. The predicted molar refractivity (Wildman–Crippen MR) is 124 cm³/mol. The fraction of sp³-hybridized carbons (Fsp3) is 0.400. The van der Waals surface area contributed by atoms with Crippen molar-refractivity contribution in [3.05, 3.63) is 60.6 Å². The molecular formula is C25H31N5O. The molecule has 2 aromatic heterocycles. The van der Waals surface area contributed by atoms with Crippen molar-refractivity contribution in [2.75, 3.05) is 5.32 Å². The highest BCUT2D eigenvalue weighted by Crippen LogP contribution is 2.24. The van der Waals surface area contributed by atoms with Crippen LogP contribution in [0.2, 0.25) is 0 Å². The third-order valence-corrected chi connectivity index (χ3v) is 5.81. The molecular weight excluding hydrogens is 386 g/mol. The second kappa shape index (κ2) is 10.2. The number of carbonyl (C=O) groups is 1. The van der Waals surface area contributed by atoms with Crippen molar-refractivity contribution >= 4 is 11.8 Å². The Bertz CT molecular complexity index is 992. The van der Waals surface area contributed by atoms with Crippen LogP contribution in [0.5, 0.6) is 0 Å². The van der Waals surface area contributed by atoms with Crippen LogP contribution in [-0.2, 0) is 6.42 Å². The second-order valence-corrected chi connectivity index (χ2v) is 8.26. The zero-order valence-electron chi connectivity index (χ0n) is 18.2. The molecule has 1 fully saturated rings. The quantitative estimate of drug-likeness (QED) is 0.515. The summed E-state index contributed by atoms with van der Waals surface area (Å²) in [6, 6.07) is 14.2. The van der Waals surface area contributed by atoms with Crippen molar-refractivity contribution in [3.8, 4) is 16.8 Å². The van der Waals surface area contributed by atoms with Gasteiger partial charge in [0.2, 0.25) is 0 Å². The number of amides is 2. The molecule has 31 heavy (non-hydrogen) atoms. The lowest BCUT2D eigenvalue weighted by atomic mass is 9.96. The molecule has 1 aliphatic rings.